The third kappa shape index (κ3) is 5.11. The number of aryl methyl sites for hydroxylation is 2. The quantitative estimate of drug-likeness (QED) is 0.634. The molecule has 2 aromatic heterocycles. The smallest absolute Gasteiger partial charge is 0.191 e. The van der Waals surface area contributed by atoms with Crippen LogP contribution in [0.1, 0.15) is 28.2 Å². The fourth-order valence-corrected chi connectivity index (χ4v) is 2.86. The SMILES string of the molecule is CCNC(=NCc1ccccn1)NCCc1nc(C)c(C)s1. The second kappa shape index (κ2) is 8.48. The van der Waals surface area contributed by atoms with Gasteiger partial charge < -0.3 is 10.6 Å². The summed E-state index contributed by atoms with van der Waals surface area (Å²) in [5.41, 5.74) is 2.10. The minimum atomic E-state index is 0.575. The van der Waals surface area contributed by atoms with Crippen LogP contribution < -0.4 is 10.6 Å². The number of hydrogen-bond donors (Lipinski definition) is 2. The van der Waals surface area contributed by atoms with E-state index < -0.39 is 0 Å². The van der Waals surface area contributed by atoms with Gasteiger partial charge in [-0.05, 0) is 32.9 Å². The van der Waals surface area contributed by atoms with Crippen LogP contribution in [-0.4, -0.2) is 29.0 Å². The average Bonchev–Trinajstić information content (AvgIpc) is 2.84. The van der Waals surface area contributed by atoms with Crippen molar-refractivity contribution in [2.75, 3.05) is 13.1 Å². The van der Waals surface area contributed by atoms with Gasteiger partial charge in [-0.15, -0.1) is 11.3 Å². The third-order valence-corrected chi connectivity index (χ3v) is 4.31. The summed E-state index contributed by atoms with van der Waals surface area (Å²) in [6, 6.07) is 5.87. The molecule has 6 heteroatoms. The molecule has 0 saturated carbocycles. The van der Waals surface area contributed by atoms with Crippen molar-refractivity contribution >= 4 is 17.3 Å². The number of aliphatic imine (C=N–C) groups is 1. The van der Waals surface area contributed by atoms with Gasteiger partial charge in [0.05, 0.1) is 22.9 Å². The van der Waals surface area contributed by atoms with Crippen molar-refractivity contribution in [2.45, 2.75) is 33.7 Å². The highest BCUT2D eigenvalue weighted by Gasteiger charge is 2.04. The number of thiazole rings is 1. The standard InChI is InChI=1S/C16H23N5S/c1-4-17-16(20-11-14-7-5-6-9-18-14)19-10-8-15-21-12(2)13(3)22-15/h5-7,9H,4,8,10-11H2,1-3H3,(H2,17,19,20). The molecule has 2 rings (SSSR count). The van der Waals surface area contributed by atoms with Crippen LogP contribution in [0.25, 0.3) is 0 Å². The fourth-order valence-electron chi connectivity index (χ4n) is 1.93. The van der Waals surface area contributed by atoms with Gasteiger partial charge >= 0.3 is 0 Å². The maximum atomic E-state index is 4.55. The Bertz CT molecular complexity index is 587. The molecule has 0 saturated heterocycles. The van der Waals surface area contributed by atoms with Crippen molar-refractivity contribution in [3.63, 3.8) is 0 Å². The topological polar surface area (TPSA) is 62.2 Å². The van der Waals surface area contributed by atoms with Crippen molar-refractivity contribution in [1.29, 1.82) is 0 Å². The molecular weight excluding hydrogens is 294 g/mol. The molecule has 0 radical (unpaired) electrons. The molecule has 0 unspecified atom stereocenters. The molecule has 0 aliphatic carbocycles. The van der Waals surface area contributed by atoms with E-state index in [4.69, 9.17) is 0 Å². The van der Waals surface area contributed by atoms with Crippen LogP contribution in [0.5, 0.6) is 0 Å². The Morgan fingerprint density at radius 1 is 1.27 bits per heavy atom. The first-order valence-electron chi connectivity index (χ1n) is 7.54. The molecule has 2 N–H and O–H groups in total. The first-order valence-corrected chi connectivity index (χ1v) is 8.35. The van der Waals surface area contributed by atoms with E-state index in [1.54, 1.807) is 17.5 Å². The zero-order valence-electron chi connectivity index (χ0n) is 13.4. The minimum Gasteiger partial charge on any atom is -0.357 e. The van der Waals surface area contributed by atoms with Gasteiger partial charge in [0.2, 0.25) is 0 Å². The number of hydrogen-bond acceptors (Lipinski definition) is 4. The van der Waals surface area contributed by atoms with Gasteiger partial charge in [-0.3, -0.25) is 4.98 Å². The van der Waals surface area contributed by atoms with Crippen molar-refractivity contribution in [3.8, 4) is 0 Å². The molecule has 0 fully saturated rings. The molecular formula is C16H23N5S. The van der Waals surface area contributed by atoms with Crippen LogP contribution in [0, 0.1) is 13.8 Å². The van der Waals surface area contributed by atoms with Gasteiger partial charge in [0.15, 0.2) is 5.96 Å². The van der Waals surface area contributed by atoms with Gasteiger partial charge in [-0.25, -0.2) is 9.98 Å². The molecule has 2 heterocycles. The second-order valence-corrected chi connectivity index (χ2v) is 6.23. The van der Waals surface area contributed by atoms with E-state index in [1.165, 1.54) is 9.88 Å². The van der Waals surface area contributed by atoms with Crippen molar-refractivity contribution in [1.82, 2.24) is 20.6 Å². The van der Waals surface area contributed by atoms with Crippen LogP contribution in [-0.2, 0) is 13.0 Å². The molecule has 0 aromatic carbocycles. The van der Waals surface area contributed by atoms with E-state index >= 15 is 0 Å². The fraction of sp³-hybridized carbons (Fsp3) is 0.438. The molecule has 2 aromatic rings. The Balaban J connectivity index is 1.85. The lowest BCUT2D eigenvalue weighted by atomic mass is 10.3. The first kappa shape index (κ1) is 16.4. The summed E-state index contributed by atoms with van der Waals surface area (Å²) in [6.45, 7) is 8.46. The molecule has 22 heavy (non-hydrogen) atoms. The molecule has 0 aliphatic heterocycles. The number of pyridine rings is 1. The lowest BCUT2D eigenvalue weighted by Crippen LogP contribution is -2.38. The molecule has 0 atom stereocenters. The number of guanidine groups is 1. The molecule has 5 nitrogen and oxygen atoms in total. The van der Waals surface area contributed by atoms with Crippen LogP contribution in [0.15, 0.2) is 29.4 Å². The van der Waals surface area contributed by atoms with E-state index in [-0.39, 0.29) is 0 Å². The largest absolute Gasteiger partial charge is 0.357 e. The van der Waals surface area contributed by atoms with Crippen molar-refractivity contribution in [3.05, 3.63) is 45.7 Å². The van der Waals surface area contributed by atoms with Crippen LogP contribution in [0.2, 0.25) is 0 Å². The zero-order chi connectivity index (χ0) is 15.8. The van der Waals surface area contributed by atoms with E-state index in [9.17, 15) is 0 Å². The maximum Gasteiger partial charge on any atom is 0.191 e. The highest BCUT2D eigenvalue weighted by atomic mass is 32.1. The number of nitrogens with one attached hydrogen (secondary N) is 2. The number of aromatic nitrogens is 2. The van der Waals surface area contributed by atoms with E-state index in [2.05, 4.69) is 46.4 Å². The first-order chi connectivity index (χ1) is 10.7. The Labute approximate surface area is 135 Å². The van der Waals surface area contributed by atoms with Crippen molar-refractivity contribution < 1.29 is 0 Å². The maximum absolute atomic E-state index is 4.55. The molecule has 0 aliphatic rings. The van der Waals surface area contributed by atoms with Gasteiger partial charge in [0, 0.05) is 30.6 Å². The van der Waals surface area contributed by atoms with E-state index in [1.807, 2.05) is 18.2 Å². The summed E-state index contributed by atoms with van der Waals surface area (Å²) in [4.78, 5) is 14.7. The summed E-state index contributed by atoms with van der Waals surface area (Å²) < 4.78 is 0. The summed E-state index contributed by atoms with van der Waals surface area (Å²) in [5, 5.41) is 7.77. The minimum absolute atomic E-state index is 0.575. The molecule has 118 valence electrons. The van der Waals surface area contributed by atoms with Crippen LogP contribution >= 0.6 is 11.3 Å². The Morgan fingerprint density at radius 2 is 2.14 bits per heavy atom. The monoisotopic (exact) mass is 317 g/mol. The normalized spacial score (nSPS) is 11.5. The van der Waals surface area contributed by atoms with E-state index in [0.717, 1.165) is 36.9 Å². The molecule has 0 spiro atoms. The van der Waals surface area contributed by atoms with Crippen LogP contribution in [0.4, 0.5) is 0 Å². The Kier molecular flexibility index (Phi) is 6.33. The molecule has 0 bridgehead atoms. The number of rotatable bonds is 6. The lowest BCUT2D eigenvalue weighted by Gasteiger charge is -2.10. The van der Waals surface area contributed by atoms with Gasteiger partial charge in [-0.1, -0.05) is 6.07 Å². The van der Waals surface area contributed by atoms with Crippen molar-refractivity contribution in [2.24, 2.45) is 4.99 Å². The highest BCUT2D eigenvalue weighted by molar-refractivity contribution is 7.11. The third-order valence-electron chi connectivity index (χ3n) is 3.17. The van der Waals surface area contributed by atoms with Gasteiger partial charge in [0.1, 0.15) is 0 Å². The summed E-state index contributed by atoms with van der Waals surface area (Å²) in [6.07, 6.45) is 2.70. The second-order valence-electron chi connectivity index (χ2n) is 4.94. The molecule has 0 amide bonds. The van der Waals surface area contributed by atoms with Gasteiger partial charge in [-0.2, -0.15) is 0 Å². The van der Waals surface area contributed by atoms with Crippen LogP contribution in [0.3, 0.4) is 0 Å². The van der Waals surface area contributed by atoms with Gasteiger partial charge in [0.25, 0.3) is 0 Å². The predicted octanol–water partition coefficient (Wildman–Crippen LogP) is 2.45. The predicted molar refractivity (Wildman–Crippen MR) is 92.3 cm³/mol. The summed E-state index contributed by atoms with van der Waals surface area (Å²) >= 11 is 1.77. The summed E-state index contributed by atoms with van der Waals surface area (Å²) in [7, 11) is 0. The Hall–Kier alpha value is -1.95. The highest BCUT2D eigenvalue weighted by Crippen LogP contribution is 2.16. The Morgan fingerprint density at radius 3 is 2.77 bits per heavy atom. The number of nitrogens with zero attached hydrogens (tertiary/aromatic N) is 3. The average molecular weight is 317 g/mol. The summed E-state index contributed by atoms with van der Waals surface area (Å²) in [5.74, 6) is 0.818. The lowest BCUT2D eigenvalue weighted by molar-refractivity contribution is 0.792. The van der Waals surface area contributed by atoms with E-state index in [0.29, 0.717) is 6.54 Å². The zero-order valence-corrected chi connectivity index (χ0v) is 14.2.